The summed E-state index contributed by atoms with van der Waals surface area (Å²) in [6.07, 6.45) is 1.57. The lowest BCUT2D eigenvalue weighted by Crippen LogP contribution is -2.17. The van der Waals surface area contributed by atoms with E-state index in [1.54, 1.807) is 38.6 Å². The molecule has 20 heavy (non-hydrogen) atoms. The Balaban J connectivity index is 2.32. The average molecular weight is 340 g/mol. The van der Waals surface area contributed by atoms with Crippen LogP contribution in [0.1, 0.15) is 10.5 Å². The standard InChI is InChI=1S/C13H14BrN3O3/c1-17-12(9(14)7-15-17)13(18)16-10-6-8(19-2)4-5-11(10)20-3/h4-7H,1-3H3,(H,16,18). The highest BCUT2D eigenvalue weighted by Gasteiger charge is 2.17. The van der Waals surface area contributed by atoms with E-state index in [1.165, 1.54) is 11.8 Å². The van der Waals surface area contributed by atoms with Gasteiger partial charge in [0.1, 0.15) is 17.2 Å². The third-order valence-electron chi connectivity index (χ3n) is 2.76. The molecule has 0 bridgehead atoms. The zero-order valence-corrected chi connectivity index (χ0v) is 12.9. The Morgan fingerprint density at radius 2 is 2.10 bits per heavy atom. The Morgan fingerprint density at radius 3 is 2.65 bits per heavy atom. The number of carbonyl (C=O) groups excluding carboxylic acids is 1. The van der Waals surface area contributed by atoms with Crippen molar-refractivity contribution in [1.29, 1.82) is 0 Å². The van der Waals surface area contributed by atoms with Gasteiger partial charge in [-0.25, -0.2) is 0 Å². The monoisotopic (exact) mass is 339 g/mol. The predicted octanol–water partition coefficient (Wildman–Crippen LogP) is 2.45. The van der Waals surface area contributed by atoms with Gasteiger partial charge < -0.3 is 14.8 Å². The van der Waals surface area contributed by atoms with Gasteiger partial charge in [0.2, 0.25) is 0 Å². The van der Waals surface area contributed by atoms with Crippen LogP contribution in [0.4, 0.5) is 5.69 Å². The number of aryl methyl sites for hydroxylation is 1. The van der Waals surface area contributed by atoms with E-state index in [4.69, 9.17) is 9.47 Å². The van der Waals surface area contributed by atoms with Crippen LogP contribution in [0.25, 0.3) is 0 Å². The van der Waals surface area contributed by atoms with Crippen LogP contribution in [0.15, 0.2) is 28.9 Å². The smallest absolute Gasteiger partial charge is 0.275 e. The first kappa shape index (κ1) is 14.4. The van der Waals surface area contributed by atoms with Crippen LogP contribution in [0.3, 0.4) is 0 Å². The quantitative estimate of drug-likeness (QED) is 0.929. The highest BCUT2D eigenvalue weighted by Crippen LogP contribution is 2.29. The Kier molecular flexibility index (Phi) is 4.29. The molecular formula is C13H14BrN3O3. The van der Waals surface area contributed by atoms with Gasteiger partial charge in [0.15, 0.2) is 0 Å². The maximum atomic E-state index is 12.3. The topological polar surface area (TPSA) is 65.4 Å². The molecule has 0 spiro atoms. The first-order chi connectivity index (χ1) is 9.56. The number of carbonyl (C=O) groups is 1. The molecule has 106 valence electrons. The lowest BCUT2D eigenvalue weighted by atomic mass is 10.2. The van der Waals surface area contributed by atoms with Gasteiger partial charge >= 0.3 is 0 Å². The molecule has 0 aliphatic rings. The van der Waals surface area contributed by atoms with E-state index in [-0.39, 0.29) is 5.91 Å². The molecule has 0 aliphatic heterocycles. The van der Waals surface area contributed by atoms with Crippen molar-refractivity contribution < 1.29 is 14.3 Å². The lowest BCUT2D eigenvalue weighted by molar-refractivity contribution is 0.101. The molecule has 0 saturated carbocycles. The number of rotatable bonds is 4. The number of hydrogen-bond donors (Lipinski definition) is 1. The van der Waals surface area contributed by atoms with Crippen molar-refractivity contribution >= 4 is 27.5 Å². The van der Waals surface area contributed by atoms with Crippen LogP contribution in [-0.2, 0) is 7.05 Å². The first-order valence-corrected chi connectivity index (χ1v) is 6.57. The molecule has 0 saturated heterocycles. The number of hydrogen-bond acceptors (Lipinski definition) is 4. The van der Waals surface area contributed by atoms with Gasteiger partial charge in [-0.2, -0.15) is 5.10 Å². The molecule has 1 heterocycles. The van der Waals surface area contributed by atoms with Crippen molar-refractivity contribution in [2.45, 2.75) is 0 Å². The predicted molar refractivity (Wildman–Crippen MR) is 78.4 cm³/mol. The minimum absolute atomic E-state index is 0.288. The van der Waals surface area contributed by atoms with Gasteiger partial charge in [0.05, 0.1) is 30.6 Å². The number of anilines is 1. The summed E-state index contributed by atoms with van der Waals surface area (Å²) < 4.78 is 12.5. The van der Waals surface area contributed by atoms with Crippen LogP contribution in [0, 0.1) is 0 Å². The van der Waals surface area contributed by atoms with Gasteiger partial charge in [-0.15, -0.1) is 0 Å². The molecule has 1 amide bonds. The number of benzene rings is 1. The molecule has 0 radical (unpaired) electrons. The Bertz CT molecular complexity index is 620. The molecule has 2 rings (SSSR count). The number of nitrogens with zero attached hydrogens (tertiary/aromatic N) is 2. The van der Waals surface area contributed by atoms with E-state index in [2.05, 4.69) is 26.3 Å². The van der Waals surface area contributed by atoms with Crippen molar-refractivity contribution in [2.75, 3.05) is 19.5 Å². The van der Waals surface area contributed by atoms with Crippen molar-refractivity contribution in [3.05, 3.63) is 34.6 Å². The van der Waals surface area contributed by atoms with Crippen LogP contribution in [0.2, 0.25) is 0 Å². The summed E-state index contributed by atoms with van der Waals surface area (Å²) >= 11 is 3.29. The molecule has 1 aromatic carbocycles. The van der Waals surface area contributed by atoms with E-state index in [0.717, 1.165) is 0 Å². The van der Waals surface area contributed by atoms with Crippen LogP contribution in [0.5, 0.6) is 11.5 Å². The summed E-state index contributed by atoms with van der Waals surface area (Å²) in [5.74, 6) is 0.894. The summed E-state index contributed by atoms with van der Waals surface area (Å²) in [6.45, 7) is 0. The summed E-state index contributed by atoms with van der Waals surface area (Å²) in [4.78, 5) is 12.3. The largest absolute Gasteiger partial charge is 0.497 e. The molecular weight excluding hydrogens is 326 g/mol. The third-order valence-corrected chi connectivity index (χ3v) is 3.34. The molecule has 0 aliphatic carbocycles. The number of aromatic nitrogens is 2. The average Bonchev–Trinajstić information content (AvgIpc) is 2.78. The maximum absolute atomic E-state index is 12.3. The second-order valence-electron chi connectivity index (χ2n) is 3.99. The van der Waals surface area contributed by atoms with Crippen LogP contribution < -0.4 is 14.8 Å². The SMILES string of the molecule is COc1ccc(OC)c(NC(=O)c2c(Br)cnn2C)c1. The molecule has 2 aromatic rings. The molecule has 1 aromatic heterocycles. The summed E-state index contributed by atoms with van der Waals surface area (Å²) in [6, 6.07) is 5.18. The molecule has 0 fully saturated rings. The normalized spacial score (nSPS) is 10.2. The molecule has 0 unspecified atom stereocenters. The third kappa shape index (κ3) is 2.77. The minimum atomic E-state index is -0.288. The molecule has 1 N–H and O–H groups in total. The second kappa shape index (κ2) is 5.96. The maximum Gasteiger partial charge on any atom is 0.275 e. The van der Waals surface area contributed by atoms with Crippen molar-refractivity contribution in [1.82, 2.24) is 9.78 Å². The number of amides is 1. The number of halogens is 1. The Hall–Kier alpha value is -2.02. The van der Waals surface area contributed by atoms with E-state index >= 15 is 0 Å². The zero-order chi connectivity index (χ0) is 14.7. The van der Waals surface area contributed by atoms with Gasteiger partial charge in [0.25, 0.3) is 5.91 Å². The van der Waals surface area contributed by atoms with Gasteiger partial charge in [0, 0.05) is 13.1 Å². The Labute approximate surface area is 124 Å². The molecule has 6 nitrogen and oxygen atoms in total. The molecule has 0 atom stereocenters. The van der Waals surface area contributed by atoms with E-state index < -0.39 is 0 Å². The second-order valence-corrected chi connectivity index (χ2v) is 4.84. The first-order valence-electron chi connectivity index (χ1n) is 5.77. The summed E-state index contributed by atoms with van der Waals surface area (Å²) in [5.41, 5.74) is 0.958. The fraction of sp³-hybridized carbons (Fsp3) is 0.231. The van der Waals surface area contributed by atoms with Crippen molar-refractivity contribution in [2.24, 2.45) is 7.05 Å². The van der Waals surface area contributed by atoms with E-state index in [0.29, 0.717) is 27.4 Å². The number of ether oxygens (including phenoxy) is 2. The van der Waals surface area contributed by atoms with Crippen molar-refractivity contribution in [3.8, 4) is 11.5 Å². The van der Waals surface area contributed by atoms with Gasteiger partial charge in [-0.3, -0.25) is 9.48 Å². The molecule has 7 heteroatoms. The number of nitrogens with one attached hydrogen (secondary N) is 1. The Morgan fingerprint density at radius 1 is 1.35 bits per heavy atom. The van der Waals surface area contributed by atoms with E-state index in [9.17, 15) is 4.79 Å². The summed E-state index contributed by atoms with van der Waals surface area (Å²) in [5, 5.41) is 6.79. The summed E-state index contributed by atoms with van der Waals surface area (Å²) in [7, 11) is 4.80. The minimum Gasteiger partial charge on any atom is -0.497 e. The van der Waals surface area contributed by atoms with Crippen LogP contribution >= 0.6 is 15.9 Å². The van der Waals surface area contributed by atoms with Crippen LogP contribution in [-0.4, -0.2) is 29.9 Å². The highest BCUT2D eigenvalue weighted by atomic mass is 79.9. The van der Waals surface area contributed by atoms with E-state index in [1.807, 2.05) is 0 Å². The number of methoxy groups -OCH3 is 2. The fourth-order valence-electron chi connectivity index (χ4n) is 1.76. The van der Waals surface area contributed by atoms with Gasteiger partial charge in [-0.05, 0) is 28.1 Å². The zero-order valence-electron chi connectivity index (χ0n) is 11.3. The lowest BCUT2D eigenvalue weighted by Gasteiger charge is -2.12. The van der Waals surface area contributed by atoms with Gasteiger partial charge in [-0.1, -0.05) is 0 Å². The fourth-order valence-corrected chi connectivity index (χ4v) is 2.29. The van der Waals surface area contributed by atoms with Crippen molar-refractivity contribution in [3.63, 3.8) is 0 Å². The highest BCUT2D eigenvalue weighted by molar-refractivity contribution is 9.10.